The molecular formula is C62H125N2O7P. The van der Waals surface area contributed by atoms with Gasteiger partial charge in [0.1, 0.15) is 19.3 Å². The van der Waals surface area contributed by atoms with E-state index >= 15 is 0 Å². The predicted molar refractivity (Wildman–Crippen MR) is 308 cm³/mol. The number of hydrogen-bond acceptors (Lipinski definition) is 7. The van der Waals surface area contributed by atoms with Crippen molar-refractivity contribution in [3.05, 3.63) is 12.2 Å². The van der Waals surface area contributed by atoms with Gasteiger partial charge < -0.3 is 34.0 Å². The molecule has 0 saturated carbocycles. The number of hydrogen-bond donors (Lipinski definition) is 3. The number of likely N-dealkylation sites (N-methyl/N-ethyl adjacent to an activating group) is 1. The van der Waals surface area contributed by atoms with Crippen molar-refractivity contribution >= 4 is 13.7 Å². The number of quaternary nitrogens is 1. The SMILES string of the molecule is CCCCCCCCC/C=C/CCCC(O)C(O)C(COP(=O)([O-])OCC[N+](C)(C)C)NC(=O)CCCCCCCCCCCCCCCCCCCCCCCCCCCCCCCCCCCCCC. The van der Waals surface area contributed by atoms with Crippen LogP contribution in [0.3, 0.4) is 0 Å². The standard InChI is InChI=1S/C62H125N2O7P/c1-6-8-10-12-14-16-18-20-21-22-23-24-25-26-27-28-29-30-31-32-33-34-35-36-37-38-39-40-41-42-43-45-47-49-51-53-55-61(66)63-59(58-71-72(68,69)70-57-56-64(3,4)5)62(67)60(65)54-52-50-48-46-44-19-17-15-13-11-9-7-2/h46,48,59-60,62,65,67H,6-45,47,49-58H2,1-5H3,(H-,63,66,68,69)/b48-46+. The number of nitrogens with one attached hydrogen (secondary N) is 1. The second kappa shape index (κ2) is 53.6. The second-order valence-electron chi connectivity index (χ2n) is 23.3. The molecule has 4 unspecified atom stereocenters. The van der Waals surface area contributed by atoms with Crippen LogP contribution in [0.15, 0.2) is 12.2 Å². The Bertz CT molecular complexity index is 1200. The van der Waals surface area contributed by atoms with Crippen LogP contribution in [0.2, 0.25) is 0 Å². The summed E-state index contributed by atoms with van der Waals surface area (Å²) in [6.07, 6.45) is 63.3. The number of carbonyl (C=O) groups is 1. The molecule has 10 heteroatoms. The number of phosphoric acid groups is 1. The van der Waals surface area contributed by atoms with E-state index in [0.717, 1.165) is 32.1 Å². The van der Waals surface area contributed by atoms with E-state index in [2.05, 4.69) is 31.3 Å². The number of nitrogens with zero attached hydrogens (tertiary/aromatic N) is 1. The number of rotatable bonds is 59. The molecule has 0 heterocycles. The summed E-state index contributed by atoms with van der Waals surface area (Å²) in [5.41, 5.74) is 0. The molecule has 0 aromatic carbocycles. The van der Waals surface area contributed by atoms with E-state index in [1.807, 2.05) is 21.1 Å². The summed E-state index contributed by atoms with van der Waals surface area (Å²) < 4.78 is 23.3. The number of allylic oxidation sites excluding steroid dienone is 2. The third-order valence-electron chi connectivity index (χ3n) is 14.8. The molecule has 9 nitrogen and oxygen atoms in total. The molecule has 0 saturated heterocycles. The highest BCUT2D eigenvalue weighted by Crippen LogP contribution is 2.38. The van der Waals surface area contributed by atoms with Crippen molar-refractivity contribution in [3.63, 3.8) is 0 Å². The van der Waals surface area contributed by atoms with Crippen molar-refractivity contribution in [2.24, 2.45) is 0 Å². The van der Waals surface area contributed by atoms with Crippen molar-refractivity contribution in [2.45, 2.75) is 340 Å². The summed E-state index contributed by atoms with van der Waals surface area (Å²) in [5, 5.41) is 24.7. The minimum atomic E-state index is -4.68. The molecule has 0 aromatic heterocycles. The Kier molecular flexibility index (Phi) is 53.0. The molecule has 0 aliphatic rings. The Labute approximate surface area is 448 Å². The van der Waals surface area contributed by atoms with Gasteiger partial charge in [-0.1, -0.05) is 289 Å². The molecule has 0 aromatic rings. The van der Waals surface area contributed by atoms with E-state index in [-0.39, 0.29) is 18.9 Å². The molecule has 4 atom stereocenters. The van der Waals surface area contributed by atoms with Gasteiger partial charge in [-0.15, -0.1) is 0 Å². The van der Waals surface area contributed by atoms with Crippen LogP contribution in [0, 0.1) is 0 Å². The maximum absolute atomic E-state index is 13.0. The summed E-state index contributed by atoms with van der Waals surface area (Å²) >= 11 is 0. The maximum atomic E-state index is 13.0. The smallest absolute Gasteiger partial charge is 0.268 e. The second-order valence-corrected chi connectivity index (χ2v) is 24.7. The molecular weight excluding hydrogens is 916 g/mol. The molecule has 0 spiro atoms. The van der Waals surface area contributed by atoms with Crippen molar-refractivity contribution in [3.8, 4) is 0 Å². The Morgan fingerprint density at radius 1 is 0.486 bits per heavy atom. The predicted octanol–water partition coefficient (Wildman–Crippen LogP) is 17.7. The molecule has 3 N–H and O–H groups in total. The van der Waals surface area contributed by atoms with E-state index < -0.39 is 32.7 Å². The van der Waals surface area contributed by atoms with Gasteiger partial charge in [0.15, 0.2) is 0 Å². The monoisotopic (exact) mass is 1040 g/mol. The fourth-order valence-corrected chi connectivity index (χ4v) is 10.6. The highest BCUT2D eigenvalue weighted by Gasteiger charge is 2.29. The topological polar surface area (TPSA) is 128 Å². The third-order valence-corrected chi connectivity index (χ3v) is 15.8. The Morgan fingerprint density at radius 3 is 1.12 bits per heavy atom. The molecule has 0 aliphatic carbocycles. The number of amides is 1. The Morgan fingerprint density at radius 2 is 0.792 bits per heavy atom. The molecule has 1 amide bonds. The van der Waals surface area contributed by atoms with Crippen molar-refractivity contribution in [2.75, 3.05) is 40.9 Å². The van der Waals surface area contributed by atoms with Crippen LogP contribution in [-0.4, -0.2) is 79.8 Å². The number of carbonyl (C=O) groups excluding carboxylic acids is 1. The van der Waals surface area contributed by atoms with Crippen LogP contribution in [0.1, 0.15) is 322 Å². The van der Waals surface area contributed by atoms with Gasteiger partial charge in [0.2, 0.25) is 5.91 Å². The van der Waals surface area contributed by atoms with Crippen molar-refractivity contribution in [1.29, 1.82) is 0 Å². The first-order chi connectivity index (χ1) is 34.9. The molecule has 0 rings (SSSR count). The summed E-state index contributed by atoms with van der Waals surface area (Å²) in [6.45, 7) is 4.45. The normalized spacial score (nSPS) is 14.3. The van der Waals surface area contributed by atoms with Gasteiger partial charge in [-0.05, 0) is 38.5 Å². The Balaban J connectivity index is 3.94. The number of phosphoric ester groups is 1. The minimum Gasteiger partial charge on any atom is -0.756 e. The minimum absolute atomic E-state index is 0.0429. The van der Waals surface area contributed by atoms with Crippen LogP contribution >= 0.6 is 7.82 Å². The summed E-state index contributed by atoms with van der Waals surface area (Å²) in [5.74, 6) is -0.281. The van der Waals surface area contributed by atoms with Gasteiger partial charge in [-0.3, -0.25) is 9.36 Å². The highest BCUT2D eigenvalue weighted by molar-refractivity contribution is 7.45. The summed E-state index contributed by atoms with van der Waals surface area (Å²) in [7, 11) is 1.12. The van der Waals surface area contributed by atoms with Crippen molar-refractivity contribution < 1.29 is 38.0 Å². The van der Waals surface area contributed by atoms with Gasteiger partial charge in [0.25, 0.3) is 7.82 Å². The van der Waals surface area contributed by atoms with Gasteiger partial charge in [-0.25, -0.2) is 0 Å². The van der Waals surface area contributed by atoms with E-state index in [1.165, 1.54) is 257 Å². The quantitative estimate of drug-likeness (QED) is 0.0240. The average molecular weight is 1040 g/mol. The maximum Gasteiger partial charge on any atom is 0.268 e. The lowest BCUT2D eigenvalue weighted by Crippen LogP contribution is -2.51. The van der Waals surface area contributed by atoms with Crippen molar-refractivity contribution in [1.82, 2.24) is 5.32 Å². The van der Waals surface area contributed by atoms with Gasteiger partial charge in [-0.2, -0.15) is 0 Å². The molecule has 430 valence electrons. The van der Waals surface area contributed by atoms with Gasteiger partial charge in [0, 0.05) is 6.42 Å². The zero-order valence-corrected chi connectivity index (χ0v) is 49.7. The van der Waals surface area contributed by atoms with Crippen LogP contribution in [0.4, 0.5) is 0 Å². The zero-order valence-electron chi connectivity index (χ0n) is 48.8. The van der Waals surface area contributed by atoms with E-state index in [1.54, 1.807) is 0 Å². The molecule has 0 aliphatic heterocycles. The van der Waals surface area contributed by atoms with E-state index in [9.17, 15) is 24.5 Å². The first-order valence-corrected chi connectivity index (χ1v) is 33.1. The lowest BCUT2D eigenvalue weighted by molar-refractivity contribution is -0.870. The van der Waals surface area contributed by atoms with Crippen LogP contribution in [0.25, 0.3) is 0 Å². The lowest BCUT2D eigenvalue weighted by atomic mass is 10.0. The van der Waals surface area contributed by atoms with E-state index in [0.29, 0.717) is 23.9 Å². The zero-order chi connectivity index (χ0) is 52.9. The van der Waals surface area contributed by atoms with Crippen LogP contribution in [-0.2, 0) is 18.4 Å². The first-order valence-electron chi connectivity index (χ1n) is 31.6. The summed E-state index contributed by atoms with van der Waals surface area (Å²) in [4.78, 5) is 25.5. The molecule has 0 radical (unpaired) electrons. The molecule has 0 fully saturated rings. The molecule has 0 bridgehead atoms. The highest BCUT2D eigenvalue weighted by atomic mass is 31.2. The van der Waals surface area contributed by atoms with Crippen LogP contribution in [0.5, 0.6) is 0 Å². The lowest BCUT2D eigenvalue weighted by Gasteiger charge is -2.31. The van der Waals surface area contributed by atoms with E-state index in [4.69, 9.17) is 9.05 Å². The molecule has 72 heavy (non-hydrogen) atoms. The average Bonchev–Trinajstić information content (AvgIpc) is 3.34. The fraction of sp³-hybridized carbons (Fsp3) is 0.952. The number of unbranched alkanes of at least 4 members (excludes halogenated alkanes) is 43. The number of aliphatic hydroxyl groups is 2. The van der Waals surface area contributed by atoms with Crippen LogP contribution < -0.4 is 10.2 Å². The Hall–Kier alpha value is -0.800. The summed E-state index contributed by atoms with van der Waals surface area (Å²) in [6, 6.07) is -1.09. The van der Waals surface area contributed by atoms with Gasteiger partial charge in [0.05, 0.1) is 39.9 Å². The number of aliphatic hydroxyl groups excluding tert-OH is 2. The third kappa shape index (κ3) is 54.0. The largest absolute Gasteiger partial charge is 0.756 e. The van der Waals surface area contributed by atoms with Gasteiger partial charge >= 0.3 is 0 Å². The fourth-order valence-electron chi connectivity index (χ4n) is 9.85. The first kappa shape index (κ1) is 71.2.